The molecule has 0 saturated carbocycles. The Morgan fingerprint density at radius 3 is 2.67 bits per heavy atom. The number of piperidine rings is 1. The zero-order valence-electron chi connectivity index (χ0n) is 13.5. The number of benzene rings is 1. The number of rotatable bonds is 4. The highest BCUT2D eigenvalue weighted by molar-refractivity contribution is 5.85. The fraction of sp³-hybridized carbons (Fsp3) is 0.562. The van der Waals surface area contributed by atoms with Crippen LogP contribution < -0.4 is 15.4 Å². The normalized spacial score (nSPS) is 22.2. The summed E-state index contributed by atoms with van der Waals surface area (Å²) in [7, 11) is 0. The van der Waals surface area contributed by atoms with Gasteiger partial charge < -0.3 is 15.4 Å². The van der Waals surface area contributed by atoms with Crippen molar-refractivity contribution in [1.29, 1.82) is 0 Å². The van der Waals surface area contributed by atoms with Crippen LogP contribution in [-0.2, 0) is 11.0 Å². The molecule has 1 amide bonds. The van der Waals surface area contributed by atoms with E-state index in [1.165, 1.54) is 25.1 Å². The molecule has 24 heavy (non-hydrogen) atoms. The second-order valence-corrected chi connectivity index (χ2v) is 5.84. The standard InChI is InChI=1S/C16H21F3N2O2.ClH/c1-10-7-8-20-9-13(10)21-15(22)11(2)23-14-6-4-3-5-12(14)16(17,18)19;/h3-6,10-11,13,20H,7-9H2,1-2H3,(H,21,22);1H. The van der Waals surface area contributed by atoms with E-state index in [-0.39, 0.29) is 24.2 Å². The molecule has 1 aliphatic rings. The molecule has 0 spiro atoms. The summed E-state index contributed by atoms with van der Waals surface area (Å²) in [5.41, 5.74) is -0.882. The minimum absolute atomic E-state index is 0. The molecule has 1 aromatic rings. The summed E-state index contributed by atoms with van der Waals surface area (Å²) in [6.45, 7) is 5.04. The molecule has 0 aromatic heterocycles. The van der Waals surface area contributed by atoms with E-state index in [0.717, 1.165) is 19.0 Å². The predicted molar refractivity (Wildman–Crippen MR) is 87.4 cm³/mol. The van der Waals surface area contributed by atoms with Crippen LogP contribution in [0.25, 0.3) is 0 Å². The van der Waals surface area contributed by atoms with E-state index in [4.69, 9.17) is 4.74 Å². The van der Waals surface area contributed by atoms with Gasteiger partial charge in [-0.15, -0.1) is 12.4 Å². The summed E-state index contributed by atoms with van der Waals surface area (Å²) in [4.78, 5) is 12.2. The second kappa shape index (κ2) is 8.58. The number of amides is 1. The third-order valence-corrected chi connectivity index (χ3v) is 4.02. The number of hydrogen-bond acceptors (Lipinski definition) is 3. The summed E-state index contributed by atoms with van der Waals surface area (Å²) in [6, 6.07) is 4.85. The van der Waals surface area contributed by atoms with Crippen LogP contribution in [0.3, 0.4) is 0 Å². The van der Waals surface area contributed by atoms with Crippen molar-refractivity contribution in [2.24, 2.45) is 5.92 Å². The Morgan fingerprint density at radius 2 is 2.04 bits per heavy atom. The zero-order chi connectivity index (χ0) is 17.0. The van der Waals surface area contributed by atoms with Gasteiger partial charge in [0, 0.05) is 12.6 Å². The number of nitrogens with one attached hydrogen (secondary N) is 2. The number of para-hydroxylation sites is 1. The van der Waals surface area contributed by atoms with Gasteiger partial charge in [0.05, 0.1) is 5.56 Å². The molecule has 1 saturated heterocycles. The molecule has 1 aliphatic heterocycles. The highest BCUT2D eigenvalue weighted by Crippen LogP contribution is 2.36. The number of hydrogen-bond donors (Lipinski definition) is 2. The van der Waals surface area contributed by atoms with Crippen molar-refractivity contribution < 1.29 is 22.7 Å². The first-order valence-electron chi connectivity index (χ1n) is 7.63. The van der Waals surface area contributed by atoms with Crippen molar-refractivity contribution >= 4 is 18.3 Å². The van der Waals surface area contributed by atoms with Crippen LogP contribution in [0.1, 0.15) is 25.8 Å². The zero-order valence-corrected chi connectivity index (χ0v) is 14.3. The lowest BCUT2D eigenvalue weighted by Crippen LogP contribution is -2.52. The molecule has 136 valence electrons. The van der Waals surface area contributed by atoms with Crippen LogP contribution in [0.2, 0.25) is 0 Å². The molecule has 8 heteroatoms. The first kappa shape index (κ1) is 20.6. The van der Waals surface area contributed by atoms with Crippen LogP contribution in [0.5, 0.6) is 5.75 Å². The molecule has 2 N–H and O–H groups in total. The molecule has 4 nitrogen and oxygen atoms in total. The van der Waals surface area contributed by atoms with Gasteiger partial charge in [-0.1, -0.05) is 19.1 Å². The van der Waals surface area contributed by atoms with Crippen molar-refractivity contribution in [3.63, 3.8) is 0 Å². The summed E-state index contributed by atoms with van der Waals surface area (Å²) in [5.74, 6) is -0.435. The number of ether oxygens (including phenoxy) is 1. The van der Waals surface area contributed by atoms with Gasteiger partial charge in [0.1, 0.15) is 5.75 Å². The second-order valence-electron chi connectivity index (χ2n) is 5.84. The van der Waals surface area contributed by atoms with Gasteiger partial charge in [0.15, 0.2) is 6.10 Å². The molecule has 0 aliphatic carbocycles. The lowest BCUT2D eigenvalue weighted by atomic mass is 9.94. The Balaban J connectivity index is 0.00000288. The van der Waals surface area contributed by atoms with E-state index in [0.29, 0.717) is 12.5 Å². The van der Waals surface area contributed by atoms with Crippen LogP contribution in [0, 0.1) is 5.92 Å². The molecule has 0 radical (unpaired) electrons. The van der Waals surface area contributed by atoms with E-state index in [2.05, 4.69) is 10.6 Å². The van der Waals surface area contributed by atoms with Crippen molar-refractivity contribution in [2.75, 3.05) is 13.1 Å². The highest BCUT2D eigenvalue weighted by atomic mass is 35.5. The van der Waals surface area contributed by atoms with Crippen LogP contribution in [0.15, 0.2) is 24.3 Å². The largest absolute Gasteiger partial charge is 0.480 e. The number of carbonyl (C=O) groups excluding carboxylic acids is 1. The highest BCUT2D eigenvalue weighted by Gasteiger charge is 2.35. The maximum absolute atomic E-state index is 12.9. The van der Waals surface area contributed by atoms with Gasteiger partial charge in [-0.05, 0) is 37.9 Å². The lowest BCUT2D eigenvalue weighted by molar-refractivity contribution is -0.140. The first-order valence-corrected chi connectivity index (χ1v) is 7.63. The fourth-order valence-corrected chi connectivity index (χ4v) is 2.53. The molecular formula is C16H22ClF3N2O2. The summed E-state index contributed by atoms with van der Waals surface area (Å²) >= 11 is 0. The Hall–Kier alpha value is -1.47. The minimum atomic E-state index is -4.52. The van der Waals surface area contributed by atoms with E-state index in [9.17, 15) is 18.0 Å². The maximum atomic E-state index is 12.9. The summed E-state index contributed by atoms with van der Waals surface area (Å²) < 4.78 is 44.1. The fourth-order valence-electron chi connectivity index (χ4n) is 2.53. The SMILES string of the molecule is CC(Oc1ccccc1C(F)(F)F)C(=O)NC1CNCCC1C.Cl. The van der Waals surface area contributed by atoms with Gasteiger partial charge in [0.2, 0.25) is 0 Å². The number of halogens is 4. The maximum Gasteiger partial charge on any atom is 0.419 e. The van der Waals surface area contributed by atoms with Gasteiger partial charge in [-0.3, -0.25) is 4.79 Å². The third-order valence-electron chi connectivity index (χ3n) is 4.02. The monoisotopic (exact) mass is 366 g/mol. The Labute approximate surface area is 145 Å². The van der Waals surface area contributed by atoms with Crippen molar-refractivity contribution in [3.8, 4) is 5.75 Å². The quantitative estimate of drug-likeness (QED) is 0.861. The first-order chi connectivity index (χ1) is 10.8. The van der Waals surface area contributed by atoms with E-state index >= 15 is 0 Å². The predicted octanol–water partition coefficient (Wildman–Crippen LogP) is 3.01. The smallest absolute Gasteiger partial charge is 0.419 e. The van der Waals surface area contributed by atoms with Crippen molar-refractivity contribution in [1.82, 2.24) is 10.6 Å². The molecule has 1 heterocycles. The van der Waals surface area contributed by atoms with Gasteiger partial charge in [-0.2, -0.15) is 13.2 Å². The van der Waals surface area contributed by atoms with Gasteiger partial charge in [-0.25, -0.2) is 0 Å². The minimum Gasteiger partial charge on any atom is -0.480 e. The molecule has 2 rings (SSSR count). The molecule has 1 aromatic carbocycles. The topological polar surface area (TPSA) is 50.4 Å². The van der Waals surface area contributed by atoms with Crippen LogP contribution in [0.4, 0.5) is 13.2 Å². The average molecular weight is 367 g/mol. The Kier molecular flexibility index (Phi) is 7.35. The lowest BCUT2D eigenvalue weighted by Gasteiger charge is -2.31. The molecular weight excluding hydrogens is 345 g/mol. The third kappa shape index (κ3) is 5.27. The van der Waals surface area contributed by atoms with E-state index in [1.807, 2.05) is 6.92 Å². The van der Waals surface area contributed by atoms with Crippen LogP contribution in [-0.4, -0.2) is 31.1 Å². The molecule has 3 unspecified atom stereocenters. The van der Waals surface area contributed by atoms with Crippen molar-refractivity contribution in [2.45, 2.75) is 38.6 Å². The summed E-state index contributed by atoms with van der Waals surface area (Å²) in [5, 5.41) is 6.02. The van der Waals surface area contributed by atoms with Gasteiger partial charge in [0.25, 0.3) is 5.91 Å². The Bertz CT molecular complexity index is 554. The van der Waals surface area contributed by atoms with E-state index in [1.54, 1.807) is 0 Å². The molecule has 1 fully saturated rings. The average Bonchev–Trinajstić information content (AvgIpc) is 2.49. The van der Waals surface area contributed by atoms with Crippen molar-refractivity contribution in [3.05, 3.63) is 29.8 Å². The van der Waals surface area contributed by atoms with Gasteiger partial charge >= 0.3 is 6.18 Å². The number of alkyl halides is 3. The molecule has 0 bridgehead atoms. The molecule has 3 atom stereocenters. The Morgan fingerprint density at radius 1 is 1.38 bits per heavy atom. The van der Waals surface area contributed by atoms with Crippen LogP contribution >= 0.6 is 12.4 Å². The number of carbonyl (C=O) groups is 1. The summed E-state index contributed by atoms with van der Waals surface area (Å²) in [6.07, 6.45) is -4.58. The van der Waals surface area contributed by atoms with E-state index < -0.39 is 23.8 Å².